The third kappa shape index (κ3) is 4.27. The second-order valence-electron chi connectivity index (χ2n) is 7.85. The van der Waals surface area contributed by atoms with Gasteiger partial charge in [0.05, 0.1) is 26.0 Å². The first kappa shape index (κ1) is 18.5. The van der Waals surface area contributed by atoms with Crippen molar-refractivity contribution in [3.8, 4) is 5.75 Å². The van der Waals surface area contributed by atoms with E-state index in [-0.39, 0.29) is 5.54 Å². The minimum absolute atomic E-state index is 0.185. The average Bonchev–Trinajstić information content (AvgIpc) is 2.64. The van der Waals surface area contributed by atoms with Crippen LogP contribution in [0.4, 0.5) is 5.69 Å². The Morgan fingerprint density at radius 1 is 1.12 bits per heavy atom. The maximum absolute atomic E-state index is 5.55. The van der Waals surface area contributed by atoms with Gasteiger partial charge in [-0.1, -0.05) is 12.1 Å². The van der Waals surface area contributed by atoms with Crippen molar-refractivity contribution in [2.45, 2.75) is 32.4 Å². The summed E-state index contributed by atoms with van der Waals surface area (Å²) in [5.41, 5.74) is 1.40. The molecule has 25 heavy (non-hydrogen) atoms. The molecule has 0 bridgehead atoms. The zero-order valence-electron chi connectivity index (χ0n) is 16.2. The van der Waals surface area contributed by atoms with Crippen molar-refractivity contribution in [2.75, 3.05) is 64.5 Å². The van der Waals surface area contributed by atoms with E-state index < -0.39 is 0 Å². The van der Waals surface area contributed by atoms with E-state index >= 15 is 0 Å². The summed E-state index contributed by atoms with van der Waals surface area (Å²) in [6, 6.07) is 8.87. The van der Waals surface area contributed by atoms with Gasteiger partial charge in [-0.25, -0.2) is 0 Å². The Kier molecular flexibility index (Phi) is 5.87. The lowest BCUT2D eigenvalue weighted by atomic mass is 9.99. The molecule has 2 saturated heterocycles. The fourth-order valence-corrected chi connectivity index (χ4v) is 4.11. The van der Waals surface area contributed by atoms with Crippen LogP contribution in [-0.2, 0) is 4.74 Å². The molecule has 3 rings (SSSR count). The number of morpholine rings is 1. The highest BCUT2D eigenvalue weighted by Gasteiger charge is 2.34. The number of rotatable bonds is 5. The van der Waals surface area contributed by atoms with E-state index in [9.17, 15) is 0 Å². The molecule has 1 unspecified atom stereocenters. The molecule has 5 nitrogen and oxygen atoms in total. The highest BCUT2D eigenvalue weighted by molar-refractivity contribution is 5.58. The van der Waals surface area contributed by atoms with Crippen LogP contribution in [-0.4, -0.2) is 81.0 Å². The first-order chi connectivity index (χ1) is 12.0. The molecule has 1 atom stereocenters. The molecule has 2 fully saturated rings. The third-order valence-corrected chi connectivity index (χ3v) is 5.65. The van der Waals surface area contributed by atoms with E-state index in [0.29, 0.717) is 6.04 Å². The van der Waals surface area contributed by atoms with E-state index in [1.165, 1.54) is 5.69 Å². The fraction of sp³-hybridized carbons (Fsp3) is 0.700. The van der Waals surface area contributed by atoms with Crippen LogP contribution in [0.5, 0.6) is 5.75 Å². The van der Waals surface area contributed by atoms with Crippen LogP contribution < -0.4 is 9.64 Å². The predicted octanol–water partition coefficient (Wildman–Crippen LogP) is 2.32. The molecule has 0 N–H and O–H groups in total. The molecular weight excluding hydrogens is 314 g/mol. The second-order valence-corrected chi connectivity index (χ2v) is 7.85. The van der Waals surface area contributed by atoms with Crippen LogP contribution in [0.2, 0.25) is 0 Å². The molecular formula is C20H33N3O2. The number of nitrogens with zero attached hydrogens (tertiary/aromatic N) is 3. The molecule has 0 amide bonds. The molecule has 2 aliphatic heterocycles. The summed E-state index contributed by atoms with van der Waals surface area (Å²) < 4.78 is 11.1. The van der Waals surface area contributed by atoms with Gasteiger partial charge in [0.2, 0.25) is 0 Å². The Morgan fingerprint density at radius 3 is 2.52 bits per heavy atom. The van der Waals surface area contributed by atoms with Crippen molar-refractivity contribution in [1.29, 1.82) is 0 Å². The number of hydrogen-bond acceptors (Lipinski definition) is 5. The second kappa shape index (κ2) is 7.94. The van der Waals surface area contributed by atoms with Gasteiger partial charge in [0.1, 0.15) is 5.75 Å². The number of para-hydroxylation sites is 2. The molecule has 2 aliphatic rings. The van der Waals surface area contributed by atoms with Gasteiger partial charge in [-0.05, 0) is 32.9 Å². The monoisotopic (exact) mass is 347 g/mol. The average molecular weight is 348 g/mol. The highest BCUT2D eigenvalue weighted by atomic mass is 16.5. The van der Waals surface area contributed by atoms with Gasteiger partial charge in [-0.15, -0.1) is 0 Å². The molecule has 2 heterocycles. The van der Waals surface area contributed by atoms with E-state index in [0.717, 1.165) is 58.2 Å². The Morgan fingerprint density at radius 2 is 1.84 bits per heavy atom. The number of anilines is 1. The van der Waals surface area contributed by atoms with E-state index in [1.54, 1.807) is 7.11 Å². The first-order valence-electron chi connectivity index (χ1n) is 9.46. The van der Waals surface area contributed by atoms with Crippen LogP contribution in [0, 0.1) is 0 Å². The van der Waals surface area contributed by atoms with E-state index in [4.69, 9.17) is 9.47 Å². The van der Waals surface area contributed by atoms with Crippen LogP contribution >= 0.6 is 0 Å². The molecule has 1 aromatic rings. The van der Waals surface area contributed by atoms with Crippen molar-refractivity contribution < 1.29 is 9.47 Å². The summed E-state index contributed by atoms with van der Waals surface area (Å²) in [5.74, 6) is 0.969. The zero-order valence-corrected chi connectivity index (χ0v) is 16.2. The molecule has 0 aliphatic carbocycles. The largest absolute Gasteiger partial charge is 0.495 e. The fourth-order valence-electron chi connectivity index (χ4n) is 4.11. The van der Waals surface area contributed by atoms with Gasteiger partial charge in [0, 0.05) is 50.8 Å². The SMILES string of the molecule is COc1ccccc1N1CCN(CC(C)(C)N2CCOCC2)C(C)C1. The number of piperazine rings is 1. The molecule has 0 spiro atoms. The summed E-state index contributed by atoms with van der Waals surface area (Å²) in [6.45, 7) is 15.2. The summed E-state index contributed by atoms with van der Waals surface area (Å²) in [6.07, 6.45) is 0. The number of methoxy groups -OCH3 is 1. The summed E-state index contributed by atoms with van der Waals surface area (Å²) in [7, 11) is 1.75. The van der Waals surface area contributed by atoms with Gasteiger partial charge in [0.25, 0.3) is 0 Å². The molecule has 1 aromatic carbocycles. The molecule has 0 aromatic heterocycles. The van der Waals surface area contributed by atoms with Crippen molar-refractivity contribution >= 4 is 5.69 Å². The Labute approximate surface area is 152 Å². The topological polar surface area (TPSA) is 28.2 Å². The van der Waals surface area contributed by atoms with Crippen LogP contribution in [0.3, 0.4) is 0 Å². The lowest BCUT2D eigenvalue weighted by molar-refractivity contribution is -0.0264. The lowest BCUT2D eigenvalue weighted by Crippen LogP contribution is -2.60. The van der Waals surface area contributed by atoms with Crippen LogP contribution in [0.1, 0.15) is 20.8 Å². The summed E-state index contributed by atoms with van der Waals surface area (Å²) in [5, 5.41) is 0. The predicted molar refractivity (Wildman–Crippen MR) is 103 cm³/mol. The molecule has 140 valence electrons. The van der Waals surface area contributed by atoms with E-state index in [2.05, 4.69) is 47.6 Å². The normalized spacial score (nSPS) is 23.7. The van der Waals surface area contributed by atoms with Gasteiger partial charge < -0.3 is 14.4 Å². The zero-order chi connectivity index (χ0) is 17.9. The van der Waals surface area contributed by atoms with Gasteiger partial charge in [-0.3, -0.25) is 9.80 Å². The standard InChI is InChI=1S/C20H33N3O2/c1-17-15-21(18-7-5-6-8-19(18)24-4)9-10-22(17)16-20(2,3)23-11-13-25-14-12-23/h5-8,17H,9-16H2,1-4H3. The minimum atomic E-state index is 0.185. The lowest BCUT2D eigenvalue weighted by Gasteiger charge is -2.48. The number of benzene rings is 1. The minimum Gasteiger partial charge on any atom is -0.495 e. The van der Waals surface area contributed by atoms with Crippen molar-refractivity contribution in [3.63, 3.8) is 0 Å². The quantitative estimate of drug-likeness (QED) is 0.815. The van der Waals surface area contributed by atoms with Crippen LogP contribution in [0.15, 0.2) is 24.3 Å². The highest BCUT2D eigenvalue weighted by Crippen LogP contribution is 2.30. The maximum atomic E-state index is 5.55. The molecule has 0 radical (unpaired) electrons. The van der Waals surface area contributed by atoms with Gasteiger partial charge in [-0.2, -0.15) is 0 Å². The van der Waals surface area contributed by atoms with Crippen LogP contribution in [0.25, 0.3) is 0 Å². The summed E-state index contributed by atoms with van der Waals surface area (Å²) >= 11 is 0. The van der Waals surface area contributed by atoms with Crippen molar-refractivity contribution in [2.24, 2.45) is 0 Å². The Hall–Kier alpha value is -1.30. The molecule has 0 saturated carbocycles. The Balaban J connectivity index is 1.61. The van der Waals surface area contributed by atoms with Gasteiger partial charge >= 0.3 is 0 Å². The van der Waals surface area contributed by atoms with Gasteiger partial charge in [0.15, 0.2) is 0 Å². The molecule has 5 heteroatoms. The first-order valence-corrected chi connectivity index (χ1v) is 9.46. The number of hydrogen-bond donors (Lipinski definition) is 0. The smallest absolute Gasteiger partial charge is 0.142 e. The van der Waals surface area contributed by atoms with E-state index in [1.807, 2.05) is 12.1 Å². The Bertz CT molecular complexity index is 558. The van der Waals surface area contributed by atoms with Crippen molar-refractivity contribution in [3.05, 3.63) is 24.3 Å². The van der Waals surface area contributed by atoms with Crippen molar-refractivity contribution in [1.82, 2.24) is 9.80 Å². The summed E-state index contributed by atoms with van der Waals surface area (Å²) in [4.78, 5) is 7.68. The number of ether oxygens (including phenoxy) is 2. The maximum Gasteiger partial charge on any atom is 0.142 e. The third-order valence-electron chi connectivity index (χ3n) is 5.65.